The van der Waals surface area contributed by atoms with Gasteiger partial charge in [0.15, 0.2) is 5.76 Å². The molecule has 11 nitrogen and oxygen atoms in total. The molecule has 2 heterocycles. The van der Waals surface area contributed by atoms with Crippen LogP contribution in [0.5, 0.6) is 0 Å². The number of benzene rings is 1. The van der Waals surface area contributed by atoms with Crippen LogP contribution in [-0.4, -0.2) is 63.3 Å². The van der Waals surface area contributed by atoms with Crippen molar-refractivity contribution >= 4 is 33.4 Å². The quantitative estimate of drug-likeness (QED) is 0.549. The first-order valence-electron chi connectivity index (χ1n) is 10.5. The third-order valence-electron chi connectivity index (χ3n) is 5.29. The second kappa shape index (κ2) is 10.8. The molecule has 1 aromatic carbocycles. The van der Waals surface area contributed by atoms with E-state index in [0.29, 0.717) is 36.5 Å². The lowest BCUT2D eigenvalue weighted by Crippen LogP contribution is -2.41. The van der Waals surface area contributed by atoms with Crippen molar-refractivity contribution in [3.05, 3.63) is 35.7 Å². The molecule has 0 atom stereocenters. The van der Waals surface area contributed by atoms with Gasteiger partial charge >= 0.3 is 6.09 Å². The number of carbonyl (C=O) groups excluding carboxylic acids is 2. The van der Waals surface area contributed by atoms with Crippen molar-refractivity contribution in [3.63, 3.8) is 0 Å². The number of aromatic nitrogens is 1. The van der Waals surface area contributed by atoms with Crippen molar-refractivity contribution in [2.24, 2.45) is 5.92 Å². The summed E-state index contributed by atoms with van der Waals surface area (Å²) in [5.41, 5.74) is 1.31. The number of rotatable bonds is 8. The minimum atomic E-state index is -3.73. The smallest absolute Gasteiger partial charge is 0.411 e. The molecule has 12 heteroatoms. The van der Waals surface area contributed by atoms with E-state index < -0.39 is 16.1 Å². The van der Waals surface area contributed by atoms with Crippen LogP contribution in [0.3, 0.4) is 0 Å². The van der Waals surface area contributed by atoms with Crippen LogP contribution in [0.15, 0.2) is 33.7 Å². The number of hydrogen-bond acceptors (Lipinski definition) is 8. The lowest BCUT2D eigenvalue weighted by molar-refractivity contribution is -0.120. The van der Waals surface area contributed by atoms with Gasteiger partial charge in [0.1, 0.15) is 17.2 Å². The number of aryl methyl sites for hydroxylation is 2. The summed E-state index contributed by atoms with van der Waals surface area (Å²) in [6, 6.07) is 6.69. The fraction of sp³-hybridized carbons (Fsp3) is 0.476. The highest BCUT2D eigenvalue weighted by atomic mass is 32.2. The summed E-state index contributed by atoms with van der Waals surface area (Å²) in [5.74, 6) is -0.288. The molecule has 2 N–H and O–H groups in total. The van der Waals surface area contributed by atoms with Gasteiger partial charge in [-0.15, -0.1) is 0 Å². The van der Waals surface area contributed by atoms with Gasteiger partial charge in [-0.05, 0) is 44.9 Å². The zero-order chi connectivity index (χ0) is 24.0. The maximum atomic E-state index is 12.9. The molecule has 0 radical (unpaired) electrons. The summed E-state index contributed by atoms with van der Waals surface area (Å²) in [5, 5.41) is 9.14. The summed E-state index contributed by atoms with van der Waals surface area (Å²) in [6.45, 7) is 4.02. The first kappa shape index (κ1) is 24.7. The molecule has 0 bridgehead atoms. The van der Waals surface area contributed by atoms with Crippen molar-refractivity contribution in [2.75, 3.05) is 44.0 Å². The Labute approximate surface area is 192 Å². The number of hydrogen-bond donors (Lipinski definition) is 2. The van der Waals surface area contributed by atoms with Crippen molar-refractivity contribution in [3.8, 4) is 0 Å². The van der Waals surface area contributed by atoms with E-state index in [9.17, 15) is 18.0 Å². The highest BCUT2D eigenvalue weighted by molar-refractivity contribution is 7.89. The SMILES string of the molecule is COCCOC(=O)Nc1cccc(NC(=O)C2CCN(S(=O)(=O)c3c(C)noc3C)CC2)c1. The Kier molecular flexibility index (Phi) is 8.06. The molecule has 1 saturated heterocycles. The molecular formula is C21H28N4O7S. The fourth-order valence-electron chi connectivity index (χ4n) is 3.62. The van der Waals surface area contributed by atoms with Crippen molar-refractivity contribution in [1.82, 2.24) is 9.46 Å². The Morgan fingerprint density at radius 1 is 1.15 bits per heavy atom. The van der Waals surface area contributed by atoms with Gasteiger partial charge in [0.25, 0.3) is 0 Å². The standard InChI is InChI=1S/C21H28N4O7S/c1-14-19(15(2)32-24-14)33(28,29)25-9-7-16(8-10-25)20(26)22-17-5-4-6-18(13-17)23-21(27)31-12-11-30-3/h4-6,13,16H,7-12H2,1-3H3,(H,22,26)(H,23,27). The van der Waals surface area contributed by atoms with E-state index in [1.807, 2.05) is 0 Å². The highest BCUT2D eigenvalue weighted by Gasteiger charge is 2.35. The molecule has 1 fully saturated rings. The van der Waals surface area contributed by atoms with Crippen molar-refractivity contribution in [2.45, 2.75) is 31.6 Å². The molecule has 33 heavy (non-hydrogen) atoms. The molecule has 0 unspecified atom stereocenters. The first-order chi connectivity index (χ1) is 15.7. The third kappa shape index (κ3) is 6.09. The molecule has 1 aliphatic heterocycles. The van der Waals surface area contributed by atoms with Gasteiger partial charge in [0, 0.05) is 37.5 Å². The normalized spacial score (nSPS) is 15.2. The van der Waals surface area contributed by atoms with Crippen LogP contribution < -0.4 is 10.6 Å². The van der Waals surface area contributed by atoms with E-state index in [0.717, 1.165) is 0 Å². The summed E-state index contributed by atoms with van der Waals surface area (Å²) in [4.78, 5) is 24.6. The number of nitrogens with one attached hydrogen (secondary N) is 2. The van der Waals surface area contributed by atoms with Crippen LogP contribution in [0, 0.1) is 19.8 Å². The minimum Gasteiger partial charge on any atom is -0.447 e. The largest absolute Gasteiger partial charge is 0.447 e. The zero-order valence-electron chi connectivity index (χ0n) is 18.8. The number of anilines is 2. The second-order valence-electron chi connectivity index (χ2n) is 7.66. The van der Waals surface area contributed by atoms with Gasteiger partial charge in [0.05, 0.1) is 6.61 Å². The van der Waals surface area contributed by atoms with Crippen LogP contribution in [0.4, 0.5) is 16.2 Å². The zero-order valence-corrected chi connectivity index (χ0v) is 19.6. The fourth-order valence-corrected chi connectivity index (χ4v) is 5.38. The van der Waals surface area contributed by atoms with Gasteiger partial charge < -0.3 is 19.3 Å². The van der Waals surface area contributed by atoms with Gasteiger partial charge in [-0.1, -0.05) is 11.2 Å². The Balaban J connectivity index is 1.55. The maximum absolute atomic E-state index is 12.9. The van der Waals surface area contributed by atoms with Crippen LogP contribution in [-0.2, 0) is 24.3 Å². The van der Waals surface area contributed by atoms with Gasteiger partial charge in [-0.25, -0.2) is 13.2 Å². The first-order valence-corrected chi connectivity index (χ1v) is 11.9. The molecule has 0 aliphatic carbocycles. The Hall–Kier alpha value is -2.96. The van der Waals surface area contributed by atoms with Crippen molar-refractivity contribution < 1.29 is 32.0 Å². The summed E-state index contributed by atoms with van der Waals surface area (Å²) >= 11 is 0. The van der Waals surface area contributed by atoms with E-state index >= 15 is 0 Å². The van der Waals surface area contributed by atoms with E-state index in [4.69, 9.17) is 14.0 Å². The average molecular weight is 481 g/mol. The second-order valence-corrected chi connectivity index (χ2v) is 9.53. The van der Waals surface area contributed by atoms with E-state index in [1.165, 1.54) is 11.4 Å². The predicted molar refractivity (Wildman–Crippen MR) is 119 cm³/mol. The average Bonchev–Trinajstić information content (AvgIpc) is 3.13. The van der Waals surface area contributed by atoms with E-state index in [-0.39, 0.29) is 42.2 Å². The van der Waals surface area contributed by atoms with Crippen LogP contribution in [0.1, 0.15) is 24.3 Å². The lowest BCUT2D eigenvalue weighted by Gasteiger charge is -2.30. The molecule has 2 amide bonds. The monoisotopic (exact) mass is 480 g/mol. The molecular weight excluding hydrogens is 452 g/mol. The summed E-state index contributed by atoms with van der Waals surface area (Å²) in [7, 11) is -2.22. The number of amides is 2. The van der Waals surface area contributed by atoms with Crippen LogP contribution in [0.2, 0.25) is 0 Å². The van der Waals surface area contributed by atoms with E-state index in [1.54, 1.807) is 38.1 Å². The number of methoxy groups -OCH3 is 1. The number of ether oxygens (including phenoxy) is 2. The third-order valence-corrected chi connectivity index (χ3v) is 7.43. The number of nitrogens with zero attached hydrogens (tertiary/aromatic N) is 2. The maximum Gasteiger partial charge on any atom is 0.411 e. The number of piperidine rings is 1. The summed E-state index contributed by atoms with van der Waals surface area (Å²) in [6.07, 6.45) is 0.151. The summed E-state index contributed by atoms with van der Waals surface area (Å²) < 4.78 is 42.0. The van der Waals surface area contributed by atoms with Gasteiger partial charge in [-0.2, -0.15) is 4.31 Å². The highest BCUT2D eigenvalue weighted by Crippen LogP contribution is 2.28. The van der Waals surface area contributed by atoms with Crippen LogP contribution in [0.25, 0.3) is 0 Å². The van der Waals surface area contributed by atoms with Gasteiger partial charge in [-0.3, -0.25) is 10.1 Å². The molecule has 1 aromatic heterocycles. The molecule has 2 aromatic rings. The number of carbonyl (C=O) groups is 2. The Morgan fingerprint density at radius 3 is 2.42 bits per heavy atom. The molecule has 0 saturated carbocycles. The van der Waals surface area contributed by atoms with Crippen molar-refractivity contribution in [1.29, 1.82) is 0 Å². The molecule has 3 rings (SSSR count). The molecule has 180 valence electrons. The van der Waals surface area contributed by atoms with E-state index in [2.05, 4.69) is 15.8 Å². The molecule has 1 aliphatic rings. The Morgan fingerprint density at radius 2 is 1.82 bits per heavy atom. The van der Waals surface area contributed by atoms with Gasteiger partial charge in [0.2, 0.25) is 15.9 Å². The molecule has 0 spiro atoms. The Bertz CT molecular complexity index is 1070. The predicted octanol–water partition coefficient (Wildman–Crippen LogP) is 2.53. The van der Waals surface area contributed by atoms with Crippen LogP contribution >= 0.6 is 0 Å². The lowest BCUT2D eigenvalue weighted by atomic mass is 9.97. The topological polar surface area (TPSA) is 140 Å². The minimum absolute atomic E-state index is 0.0930. The number of sulfonamides is 1.